The number of nitrogens with two attached hydrogens (primary N) is 1. The lowest BCUT2D eigenvalue weighted by Crippen LogP contribution is -2.22. The second-order valence-corrected chi connectivity index (χ2v) is 2.98. The summed E-state index contributed by atoms with van der Waals surface area (Å²) in [5.41, 5.74) is 7.80. The predicted octanol–water partition coefficient (Wildman–Crippen LogP) is 0.574. The van der Waals surface area contributed by atoms with Crippen molar-refractivity contribution >= 4 is 5.69 Å². The Morgan fingerprint density at radius 1 is 1.38 bits per heavy atom. The summed E-state index contributed by atoms with van der Waals surface area (Å²) < 4.78 is 0. The Morgan fingerprint density at radius 3 is 2.69 bits per heavy atom. The standard InChI is InChI=1S/C10H16N2O/c1-12(6-7-13)10-5-3-2-4-9(10)8-11/h2-5,13H,6-8,11H2,1H3. The van der Waals surface area contributed by atoms with E-state index >= 15 is 0 Å². The molecule has 0 spiro atoms. The van der Waals surface area contributed by atoms with Gasteiger partial charge < -0.3 is 15.7 Å². The van der Waals surface area contributed by atoms with Crippen LogP contribution in [0.3, 0.4) is 0 Å². The summed E-state index contributed by atoms with van der Waals surface area (Å²) in [6.07, 6.45) is 0. The number of para-hydroxylation sites is 1. The Morgan fingerprint density at radius 2 is 2.08 bits per heavy atom. The first kappa shape index (κ1) is 10.0. The van der Waals surface area contributed by atoms with Crippen molar-refractivity contribution in [2.45, 2.75) is 6.54 Å². The van der Waals surface area contributed by atoms with Crippen molar-refractivity contribution < 1.29 is 5.11 Å². The Bertz CT molecular complexity index is 263. The topological polar surface area (TPSA) is 49.5 Å². The van der Waals surface area contributed by atoms with Crippen LogP contribution in [0.2, 0.25) is 0 Å². The molecule has 0 unspecified atom stereocenters. The van der Waals surface area contributed by atoms with E-state index in [1.54, 1.807) is 0 Å². The number of aliphatic hydroxyl groups is 1. The summed E-state index contributed by atoms with van der Waals surface area (Å²) in [6.45, 7) is 1.33. The summed E-state index contributed by atoms with van der Waals surface area (Å²) in [4.78, 5) is 2.00. The first-order valence-corrected chi connectivity index (χ1v) is 4.39. The molecule has 0 radical (unpaired) electrons. The fourth-order valence-corrected chi connectivity index (χ4v) is 1.33. The molecule has 13 heavy (non-hydrogen) atoms. The van der Waals surface area contributed by atoms with Crippen molar-refractivity contribution in [2.24, 2.45) is 5.73 Å². The Hall–Kier alpha value is -1.06. The molecule has 0 fully saturated rings. The largest absolute Gasteiger partial charge is 0.395 e. The van der Waals surface area contributed by atoms with Crippen LogP contribution in [0.15, 0.2) is 24.3 Å². The van der Waals surface area contributed by atoms with Gasteiger partial charge in [0.15, 0.2) is 0 Å². The average molecular weight is 180 g/mol. The molecule has 1 aromatic carbocycles. The molecule has 0 aromatic heterocycles. The van der Waals surface area contributed by atoms with E-state index in [0.717, 1.165) is 11.3 Å². The third-order valence-corrected chi connectivity index (χ3v) is 2.06. The van der Waals surface area contributed by atoms with Crippen molar-refractivity contribution in [1.29, 1.82) is 0 Å². The van der Waals surface area contributed by atoms with Gasteiger partial charge in [0.25, 0.3) is 0 Å². The molecule has 0 saturated carbocycles. The van der Waals surface area contributed by atoms with Crippen molar-refractivity contribution in [2.75, 3.05) is 25.1 Å². The summed E-state index contributed by atoms with van der Waals surface area (Å²) in [6, 6.07) is 7.96. The highest BCUT2D eigenvalue weighted by Crippen LogP contribution is 2.17. The molecule has 0 atom stereocenters. The van der Waals surface area contributed by atoms with Gasteiger partial charge in [-0.15, -0.1) is 0 Å². The summed E-state index contributed by atoms with van der Waals surface area (Å²) in [5.74, 6) is 0. The highest BCUT2D eigenvalue weighted by molar-refractivity contribution is 5.52. The minimum absolute atomic E-state index is 0.162. The van der Waals surface area contributed by atoms with Crippen LogP contribution in [0, 0.1) is 0 Å². The zero-order valence-electron chi connectivity index (χ0n) is 7.90. The Balaban J connectivity index is 2.85. The molecule has 72 valence electrons. The van der Waals surface area contributed by atoms with Crippen LogP contribution < -0.4 is 10.6 Å². The normalized spacial score (nSPS) is 10.1. The molecule has 1 aromatic rings. The van der Waals surface area contributed by atoms with E-state index in [1.807, 2.05) is 36.2 Å². The van der Waals surface area contributed by atoms with E-state index in [1.165, 1.54) is 0 Å². The predicted molar refractivity (Wildman–Crippen MR) is 54.7 cm³/mol. The van der Waals surface area contributed by atoms with Crippen LogP contribution in [0.25, 0.3) is 0 Å². The van der Waals surface area contributed by atoms with Crippen molar-refractivity contribution in [3.63, 3.8) is 0 Å². The number of anilines is 1. The fourth-order valence-electron chi connectivity index (χ4n) is 1.33. The molecule has 0 amide bonds. The minimum Gasteiger partial charge on any atom is -0.395 e. The summed E-state index contributed by atoms with van der Waals surface area (Å²) >= 11 is 0. The molecule has 3 heteroatoms. The maximum atomic E-state index is 8.79. The van der Waals surface area contributed by atoms with Crippen molar-refractivity contribution in [3.05, 3.63) is 29.8 Å². The van der Waals surface area contributed by atoms with Crippen LogP contribution >= 0.6 is 0 Å². The van der Waals surface area contributed by atoms with Crippen LogP contribution in [-0.4, -0.2) is 25.3 Å². The monoisotopic (exact) mass is 180 g/mol. The fraction of sp³-hybridized carbons (Fsp3) is 0.400. The maximum absolute atomic E-state index is 8.79. The quantitative estimate of drug-likeness (QED) is 0.712. The lowest BCUT2D eigenvalue weighted by atomic mass is 10.1. The molecule has 0 aliphatic carbocycles. The van der Waals surface area contributed by atoms with E-state index in [0.29, 0.717) is 13.1 Å². The van der Waals surface area contributed by atoms with Gasteiger partial charge >= 0.3 is 0 Å². The van der Waals surface area contributed by atoms with Crippen LogP contribution in [0.4, 0.5) is 5.69 Å². The van der Waals surface area contributed by atoms with Gasteiger partial charge in [0.1, 0.15) is 0 Å². The highest BCUT2D eigenvalue weighted by atomic mass is 16.3. The van der Waals surface area contributed by atoms with Crippen molar-refractivity contribution in [1.82, 2.24) is 0 Å². The van der Waals surface area contributed by atoms with Gasteiger partial charge in [0, 0.05) is 25.8 Å². The van der Waals surface area contributed by atoms with E-state index in [2.05, 4.69) is 0 Å². The average Bonchev–Trinajstić information content (AvgIpc) is 2.18. The molecular weight excluding hydrogens is 164 g/mol. The molecule has 0 bridgehead atoms. The molecule has 0 aliphatic rings. The number of rotatable bonds is 4. The smallest absolute Gasteiger partial charge is 0.0606 e. The molecule has 0 saturated heterocycles. The Kier molecular flexibility index (Phi) is 3.73. The first-order chi connectivity index (χ1) is 6.29. The number of aliphatic hydroxyl groups excluding tert-OH is 1. The molecule has 3 nitrogen and oxygen atoms in total. The number of hydrogen-bond acceptors (Lipinski definition) is 3. The zero-order valence-corrected chi connectivity index (χ0v) is 7.90. The van der Waals surface area contributed by atoms with E-state index in [4.69, 9.17) is 10.8 Å². The van der Waals surface area contributed by atoms with Gasteiger partial charge in [0.05, 0.1) is 6.61 Å². The third-order valence-electron chi connectivity index (χ3n) is 2.06. The number of likely N-dealkylation sites (N-methyl/N-ethyl adjacent to an activating group) is 1. The minimum atomic E-state index is 0.162. The third kappa shape index (κ3) is 2.44. The second-order valence-electron chi connectivity index (χ2n) is 2.98. The van der Waals surface area contributed by atoms with Gasteiger partial charge in [-0.05, 0) is 11.6 Å². The van der Waals surface area contributed by atoms with Gasteiger partial charge in [0.2, 0.25) is 0 Å². The first-order valence-electron chi connectivity index (χ1n) is 4.39. The zero-order chi connectivity index (χ0) is 9.68. The second kappa shape index (κ2) is 4.84. The number of hydrogen-bond donors (Lipinski definition) is 2. The lowest BCUT2D eigenvalue weighted by Gasteiger charge is -2.20. The van der Waals surface area contributed by atoms with Crippen LogP contribution in [0.1, 0.15) is 5.56 Å². The van der Waals surface area contributed by atoms with Gasteiger partial charge in [-0.3, -0.25) is 0 Å². The SMILES string of the molecule is CN(CCO)c1ccccc1CN. The van der Waals surface area contributed by atoms with Gasteiger partial charge in [-0.25, -0.2) is 0 Å². The molecular formula is C10H16N2O. The van der Waals surface area contributed by atoms with E-state index in [9.17, 15) is 0 Å². The van der Waals surface area contributed by atoms with E-state index in [-0.39, 0.29) is 6.61 Å². The lowest BCUT2D eigenvalue weighted by molar-refractivity contribution is 0.304. The number of benzene rings is 1. The van der Waals surface area contributed by atoms with Crippen LogP contribution in [0.5, 0.6) is 0 Å². The van der Waals surface area contributed by atoms with Crippen LogP contribution in [-0.2, 0) is 6.54 Å². The molecule has 0 aliphatic heterocycles. The maximum Gasteiger partial charge on any atom is 0.0606 e. The molecule has 1 rings (SSSR count). The van der Waals surface area contributed by atoms with E-state index < -0.39 is 0 Å². The summed E-state index contributed by atoms with van der Waals surface area (Å²) in [5, 5.41) is 8.79. The van der Waals surface area contributed by atoms with Gasteiger partial charge in [-0.2, -0.15) is 0 Å². The number of nitrogens with zero attached hydrogens (tertiary/aromatic N) is 1. The summed E-state index contributed by atoms with van der Waals surface area (Å²) in [7, 11) is 1.95. The molecule has 3 N–H and O–H groups in total. The highest BCUT2D eigenvalue weighted by Gasteiger charge is 2.03. The van der Waals surface area contributed by atoms with Crippen molar-refractivity contribution in [3.8, 4) is 0 Å². The van der Waals surface area contributed by atoms with Gasteiger partial charge in [-0.1, -0.05) is 18.2 Å². The molecule has 0 heterocycles. The Labute approximate surface area is 78.8 Å².